The largest absolute Gasteiger partial charge is 0.546 e. The van der Waals surface area contributed by atoms with Gasteiger partial charge in [-0.15, -0.1) is 0 Å². The molecule has 1 N–H and O–H groups in total. The van der Waals surface area contributed by atoms with E-state index in [0.717, 1.165) is 37.7 Å². The summed E-state index contributed by atoms with van der Waals surface area (Å²) in [6.45, 7) is 3.38. The van der Waals surface area contributed by atoms with E-state index in [-0.39, 0.29) is 6.04 Å². The summed E-state index contributed by atoms with van der Waals surface area (Å²) in [6.07, 6.45) is 4.53. The minimum atomic E-state index is -1.26. The lowest BCUT2D eigenvalue weighted by molar-refractivity contribution is -0.307. The number of hydrogen-bond acceptors (Lipinski definition) is 5. The summed E-state index contributed by atoms with van der Waals surface area (Å²) in [5, 5.41) is 13.7. The summed E-state index contributed by atoms with van der Waals surface area (Å²) < 4.78 is 11.0. The van der Waals surface area contributed by atoms with Gasteiger partial charge in [0.25, 0.3) is 0 Å². The Balaban J connectivity index is 1.55. The molecule has 0 aliphatic heterocycles. The normalized spacial score (nSPS) is 16.0. The van der Waals surface area contributed by atoms with Gasteiger partial charge in [0.05, 0.1) is 5.97 Å². The first-order valence-corrected chi connectivity index (χ1v) is 10.8. The lowest BCUT2D eigenvalue weighted by atomic mass is 9.98. The topological polar surface area (TPSA) is 87.7 Å². The molecule has 2 aromatic rings. The first-order valence-electron chi connectivity index (χ1n) is 10.8. The number of benzene rings is 2. The fourth-order valence-electron chi connectivity index (χ4n) is 3.89. The third kappa shape index (κ3) is 7.31. The number of aryl methyl sites for hydroxylation is 2. The molecule has 1 amide bonds. The second kappa shape index (κ2) is 10.3. The van der Waals surface area contributed by atoms with Crippen LogP contribution in [0.5, 0.6) is 5.75 Å². The molecule has 1 unspecified atom stereocenters. The highest BCUT2D eigenvalue weighted by Gasteiger charge is 2.25. The number of nitrogens with one attached hydrogen (secondary N) is 1. The van der Waals surface area contributed by atoms with Crippen LogP contribution in [-0.4, -0.2) is 30.3 Å². The number of ether oxygens (including phenoxy) is 2. The highest BCUT2D eigenvalue weighted by molar-refractivity contribution is 5.68. The molecule has 3 rings (SSSR count). The van der Waals surface area contributed by atoms with Crippen LogP contribution in [0.3, 0.4) is 0 Å². The molecule has 6 nitrogen and oxygen atoms in total. The van der Waals surface area contributed by atoms with Crippen molar-refractivity contribution in [2.45, 2.75) is 64.0 Å². The van der Waals surface area contributed by atoms with Crippen molar-refractivity contribution >= 4 is 12.1 Å². The molecule has 2 aromatic carbocycles. The Kier molecular flexibility index (Phi) is 7.55. The van der Waals surface area contributed by atoms with E-state index >= 15 is 0 Å². The zero-order chi connectivity index (χ0) is 22.3. The fourth-order valence-corrected chi connectivity index (χ4v) is 3.89. The third-order valence-electron chi connectivity index (χ3n) is 5.55. The number of carboxylic acid groups (broad SMARTS) is 1. The standard InChI is InChI=1S/C25H31NO5/c1-25(2,14-13-18-7-4-3-5-8-18)31-24(29)26-21-10-6-9-19-11-12-22(16-20(19)15-21)30-17-23(27)28/h3-5,7-8,11-12,16,21H,6,9-10,13-15,17H2,1-2H3,(H,26,29)(H,27,28)/p-1. The van der Waals surface area contributed by atoms with Crippen molar-refractivity contribution in [1.82, 2.24) is 5.32 Å². The van der Waals surface area contributed by atoms with Crippen LogP contribution in [0, 0.1) is 0 Å². The number of carboxylic acids is 1. The van der Waals surface area contributed by atoms with Crippen molar-refractivity contribution in [3.8, 4) is 5.75 Å². The third-order valence-corrected chi connectivity index (χ3v) is 5.55. The summed E-state index contributed by atoms with van der Waals surface area (Å²) in [5.41, 5.74) is 2.90. The number of carbonyl (C=O) groups excluding carboxylic acids is 2. The van der Waals surface area contributed by atoms with Crippen molar-refractivity contribution in [2.24, 2.45) is 0 Å². The van der Waals surface area contributed by atoms with Crippen LogP contribution < -0.4 is 15.2 Å². The van der Waals surface area contributed by atoms with E-state index in [9.17, 15) is 14.7 Å². The van der Waals surface area contributed by atoms with Crippen LogP contribution in [0.2, 0.25) is 0 Å². The number of amides is 1. The molecule has 1 atom stereocenters. The fraction of sp³-hybridized carbons (Fsp3) is 0.440. The molecule has 1 aliphatic rings. The van der Waals surface area contributed by atoms with Crippen molar-refractivity contribution in [3.63, 3.8) is 0 Å². The summed E-state index contributed by atoms with van der Waals surface area (Å²) in [6, 6.07) is 15.7. The average Bonchev–Trinajstić information content (AvgIpc) is 2.92. The minimum Gasteiger partial charge on any atom is -0.546 e. The molecule has 0 aromatic heterocycles. The molecule has 1 aliphatic carbocycles. The number of fused-ring (bicyclic) bond motifs is 1. The highest BCUT2D eigenvalue weighted by atomic mass is 16.6. The van der Waals surface area contributed by atoms with Crippen molar-refractivity contribution < 1.29 is 24.2 Å². The van der Waals surface area contributed by atoms with E-state index in [0.29, 0.717) is 12.2 Å². The van der Waals surface area contributed by atoms with E-state index in [2.05, 4.69) is 17.4 Å². The van der Waals surface area contributed by atoms with Crippen LogP contribution >= 0.6 is 0 Å². The minimum absolute atomic E-state index is 0.0462. The Hall–Kier alpha value is -3.02. The van der Waals surface area contributed by atoms with Gasteiger partial charge in [0.15, 0.2) is 0 Å². The lowest BCUT2D eigenvalue weighted by Crippen LogP contribution is -2.41. The molecule has 166 valence electrons. The van der Waals surface area contributed by atoms with Gasteiger partial charge in [0.1, 0.15) is 18.0 Å². The molecule has 0 saturated heterocycles. The Morgan fingerprint density at radius 3 is 2.65 bits per heavy atom. The van der Waals surface area contributed by atoms with Gasteiger partial charge in [0.2, 0.25) is 0 Å². The molecular formula is C25H30NO5-. The number of aliphatic carboxylic acids is 1. The molecule has 0 bridgehead atoms. The second-order valence-corrected chi connectivity index (χ2v) is 8.66. The summed E-state index contributed by atoms with van der Waals surface area (Å²) in [5.74, 6) is -0.764. The van der Waals surface area contributed by atoms with E-state index in [1.807, 2.05) is 44.2 Å². The Bertz CT molecular complexity index is 894. The van der Waals surface area contributed by atoms with Crippen LogP contribution in [0.4, 0.5) is 4.79 Å². The molecule has 6 heteroatoms. The van der Waals surface area contributed by atoms with Gasteiger partial charge in [-0.05, 0) is 81.2 Å². The maximum atomic E-state index is 12.6. The van der Waals surface area contributed by atoms with Gasteiger partial charge < -0.3 is 24.7 Å². The van der Waals surface area contributed by atoms with Crippen LogP contribution in [0.1, 0.15) is 49.8 Å². The molecule has 31 heavy (non-hydrogen) atoms. The Morgan fingerprint density at radius 2 is 1.90 bits per heavy atom. The number of carbonyl (C=O) groups is 2. The summed E-state index contributed by atoms with van der Waals surface area (Å²) >= 11 is 0. The zero-order valence-corrected chi connectivity index (χ0v) is 18.2. The van der Waals surface area contributed by atoms with Gasteiger partial charge in [0, 0.05) is 6.04 Å². The number of rotatable bonds is 8. The predicted molar refractivity (Wildman–Crippen MR) is 116 cm³/mol. The predicted octanol–water partition coefficient (Wildman–Crippen LogP) is 3.20. The van der Waals surface area contributed by atoms with Gasteiger partial charge >= 0.3 is 6.09 Å². The second-order valence-electron chi connectivity index (χ2n) is 8.66. The van der Waals surface area contributed by atoms with Gasteiger partial charge in [-0.3, -0.25) is 0 Å². The molecule has 0 radical (unpaired) electrons. The van der Waals surface area contributed by atoms with Crippen LogP contribution in [0.25, 0.3) is 0 Å². The van der Waals surface area contributed by atoms with Crippen molar-refractivity contribution in [1.29, 1.82) is 0 Å². The monoisotopic (exact) mass is 424 g/mol. The Labute approximate surface area is 183 Å². The van der Waals surface area contributed by atoms with Crippen LogP contribution in [-0.2, 0) is 28.8 Å². The number of hydrogen-bond donors (Lipinski definition) is 1. The van der Waals surface area contributed by atoms with Crippen molar-refractivity contribution in [2.75, 3.05) is 6.61 Å². The molecule has 0 spiro atoms. The molecule has 0 saturated carbocycles. The molecule has 0 heterocycles. The quantitative estimate of drug-likeness (QED) is 0.658. The summed E-state index contributed by atoms with van der Waals surface area (Å²) in [7, 11) is 0. The van der Waals surface area contributed by atoms with E-state index in [1.54, 1.807) is 6.07 Å². The van der Waals surface area contributed by atoms with Gasteiger partial charge in [-0.1, -0.05) is 36.4 Å². The van der Waals surface area contributed by atoms with Gasteiger partial charge in [-0.25, -0.2) is 4.79 Å². The molecular weight excluding hydrogens is 394 g/mol. The summed E-state index contributed by atoms with van der Waals surface area (Å²) in [4.78, 5) is 23.2. The number of alkyl carbamates (subject to hydrolysis) is 1. The zero-order valence-electron chi connectivity index (χ0n) is 18.2. The van der Waals surface area contributed by atoms with Crippen molar-refractivity contribution in [3.05, 3.63) is 65.2 Å². The van der Waals surface area contributed by atoms with E-state index in [4.69, 9.17) is 9.47 Å². The SMILES string of the molecule is CC(C)(CCc1ccccc1)OC(=O)NC1CCCc2ccc(OCC(=O)[O-])cc2C1. The first kappa shape index (κ1) is 22.7. The maximum absolute atomic E-state index is 12.6. The maximum Gasteiger partial charge on any atom is 0.407 e. The lowest BCUT2D eigenvalue weighted by Gasteiger charge is -2.27. The smallest absolute Gasteiger partial charge is 0.407 e. The highest BCUT2D eigenvalue weighted by Crippen LogP contribution is 2.26. The van der Waals surface area contributed by atoms with E-state index < -0.39 is 24.3 Å². The van der Waals surface area contributed by atoms with Crippen LogP contribution in [0.15, 0.2) is 48.5 Å². The average molecular weight is 425 g/mol. The van der Waals surface area contributed by atoms with Gasteiger partial charge in [-0.2, -0.15) is 0 Å². The molecule has 0 fully saturated rings. The van der Waals surface area contributed by atoms with E-state index in [1.165, 1.54) is 11.1 Å². The first-order chi connectivity index (χ1) is 14.8. The Morgan fingerprint density at radius 1 is 1.13 bits per heavy atom.